The summed E-state index contributed by atoms with van der Waals surface area (Å²) in [5.74, 6) is 0.789. The maximum absolute atomic E-state index is 13.4. The lowest BCUT2D eigenvalue weighted by Crippen LogP contribution is -2.43. The van der Waals surface area contributed by atoms with Crippen molar-refractivity contribution < 1.29 is 23.5 Å². The molecule has 2 aromatic carbocycles. The van der Waals surface area contributed by atoms with E-state index in [0.29, 0.717) is 39.8 Å². The number of ether oxygens (including phenoxy) is 2. The molecule has 1 N–H and O–H groups in total. The Hall–Kier alpha value is -3.74. The first kappa shape index (κ1) is 18.6. The molecule has 1 aliphatic rings. The maximum atomic E-state index is 13.4. The van der Waals surface area contributed by atoms with Crippen LogP contribution in [0.25, 0.3) is 0 Å². The van der Waals surface area contributed by atoms with Gasteiger partial charge in [-0.05, 0) is 37.3 Å². The highest BCUT2D eigenvalue weighted by molar-refractivity contribution is 6.12. The number of nitrogens with one attached hydrogen (secondary N) is 1. The molecule has 1 unspecified atom stereocenters. The molecule has 7 heteroatoms. The van der Waals surface area contributed by atoms with E-state index < -0.39 is 12.1 Å². The number of benzene rings is 2. The quantitative estimate of drug-likeness (QED) is 0.672. The summed E-state index contributed by atoms with van der Waals surface area (Å²) < 4.78 is 16.0. The van der Waals surface area contributed by atoms with Gasteiger partial charge in [-0.1, -0.05) is 18.2 Å². The van der Waals surface area contributed by atoms with E-state index in [0.717, 1.165) is 0 Å². The van der Waals surface area contributed by atoms with Crippen molar-refractivity contribution in [1.29, 1.82) is 0 Å². The van der Waals surface area contributed by atoms with Gasteiger partial charge in [0.15, 0.2) is 6.17 Å². The Kier molecular flexibility index (Phi) is 4.72. The number of esters is 1. The molecule has 0 bridgehead atoms. The van der Waals surface area contributed by atoms with Crippen LogP contribution in [0.1, 0.15) is 38.4 Å². The van der Waals surface area contributed by atoms with Crippen molar-refractivity contribution >= 4 is 23.3 Å². The molecule has 1 aromatic heterocycles. The third-order valence-electron chi connectivity index (χ3n) is 4.87. The van der Waals surface area contributed by atoms with Crippen molar-refractivity contribution in [1.82, 2.24) is 0 Å². The number of methoxy groups -OCH3 is 2. The van der Waals surface area contributed by atoms with E-state index in [1.807, 2.05) is 30.3 Å². The van der Waals surface area contributed by atoms with Crippen LogP contribution in [0.2, 0.25) is 0 Å². The van der Waals surface area contributed by atoms with Crippen molar-refractivity contribution in [3.8, 4) is 5.75 Å². The molecule has 2 heterocycles. The van der Waals surface area contributed by atoms with E-state index in [4.69, 9.17) is 13.9 Å². The minimum atomic E-state index is -0.651. The first-order valence-corrected chi connectivity index (χ1v) is 9.05. The van der Waals surface area contributed by atoms with Crippen LogP contribution in [0.5, 0.6) is 5.75 Å². The Bertz CT molecular complexity index is 1090. The Morgan fingerprint density at radius 3 is 2.66 bits per heavy atom. The first-order valence-electron chi connectivity index (χ1n) is 9.05. The Balaban J connectivity index is 1.85. The lowest BCUT2D eigenvalue weighted by Gasteiger charge is -2.36. The number of anilines is 2. The normalized spacial score (nSPS) is 15.5. The van der Waals surface area contributed by atoms with E-state index in [-0.39, 0.29) is 5.91 Å². The number of hydrogen-bond donors (Lipinski definition) is 1. The monoisotopic (exact) mass is 392 g/mol. The molecule has 1 atom stereocenters. The molecule has 148 valence electrons. The third kappa shape index (κ3) is 3.20. The van der Waals surface area contributed by atoms with Gasteiger partial charge in [0.1, 0.15) is 22.8 Å². The predicted octanol–water partition coefficient (Wildman–Crippen LogP) is 4.15. The standard InChI is InChI=1S/C22H20N2O5/c1-13-17(22(26)28-3)12-19(29-13)20-23-18-10-5-4-9-16(18)21(25)24(20)14-7-6-8-15(11-14)27-2/h4-12,20,23H,1-3H3. The Morgan fingerprint density at radius 1 is 1.10 bits per heavy atom. The van der Waals surface area contributed by atoms with E-state index in [1.165, 1.54) is 7.11 Å². The van der Waals surface area contributed by atoms with Gasteiger partial charge >= 0.3 is 5.97 Å². The fraction of sp³-hybridized carbons (Fsp3) is 0.182. The van der Waals surface area contributed by atoms with Crippen LogP contribution in [0.4, 0.5) is 11.4 Å². The summed E-state index contributed by atoms with van der Waals surface area (Å²) >= 11 is 0. The second-order valence-electron chi connectivity index (χ2n) is 6.58. The highest BCUT2D eigenvalue weighted by Gasteiger charge is 2.36. The zero-order valence-corrected chi connectivity index (χ0v) is 16.3. The van der Waals surface area contributed by atoms with Gasteiger partial charge in [-0.25, -0.2) is 4.79 Å². The Labute approximate surface area is 167 Å². The van der Waals surface area contributed by atoms with Crippen LogP contribution in [0, 0.1) is 6.92 Å². The number of aryl methyl sites for hydroxylation is 1. The molecule has 0 fully saturated rings. The molecule has 0 saturated carbocycles. The number of rotatable bonds is 4. The SMILES string of the molecule is COC(=O)c1cc(C2Nc3ccccc3C(=O)N2c2cccc(OC)c2)oc1C. The number of carbonyl (C=O) groups is 2. The fourth-order valence-electron chi connectivity index (χ4n) is 3.43. The van der Waals surface area contributed by atoms with Crippen molar-refractivity contribution in [2.45, 2.75) is 13.1 Å². The van der Waals surface area contributed by atoms with Crippen molar-refractivity contribution in [2.75, 3.05) is 24.4 Å². The second-order valence-corrected chi connectivity index (χ2v) is 6.58. The largest absolute Gasteiger partial charge is 0.497 e. The molecule has 4 rings (SSSR count). The molecule has 0 saturated heterocycles. The van der Waals surface area contributed by atoms with Gasteiger partial charge in [0, 0.05) is 11.8 Å². The summed E-state index contributed by atoms with van der Waals surface area (Å²) in [5, 5.41) is 3.35. The van der Waals surface area contributed by atoms with E-state index in [9.17, 15) is 9.59 Å². The van der Waals surface area contributed by atoms with Crippen LogP contribution in [0.15, 0.2) is 59.0 Å². The maximum Gasteiger partial charge on any atom is 0.341 e. The zero-order valence-electron chi connectivity index (χ0n) is 16.3. The van der Waals surface area contributed by atoms with Crippen LogP contribution in [-0.2, 0) is 4.74 Å². The van der Waals surface area contributed by atoms with Gasteiger partial charge in [0.05, 0.1) is 25.5 Å². The molecule has 0 radical (unpaired) electrons. The molecule has 0 spiro atoms. The summed E-state index contributed by atoms with van der Waals surface area (Å²) in [6, 6.07) is 16.1. The number of hydrogen-bond acceptors (Lipinski definition) is 6. The Morgan fingerprint density at radius 2 is 1.90 bits per heavy atom. The fourth-order valence-corrected chi connectivity index (χ4v) is 3.43. The van der Waals surface area contributed by atoms with Gasteiger partial charge in [-0.2, -0.15) is 0 Å². The minimum Gasteiger partial charge on any atom is -0.497 e. The molecule has 29 heavy (non-hydrogen) atoms. The van der Waals surface area contributed by atoms with Crippen molar-refractivity contribution in [3.63, 3.8) is 0 Å². The van der Waals surface area contributed by atoms with Gasteiger partial charge in [0.25, 0.3) is 5.91 Å². The topological polar surface area (TPSA) is 81.0 Å². The van der Waals surface area contributed by atoms with Crippen LogP contribution in [-0.4, -0.2) is 26.1 Å². The van der Waals surface area contributed by atoms with Crippen molar-refractivity contribution in [3.05, 3.63) is 77.2 Å². The van der Waals surface area contributed by atoms with Gasteiger partial charge in [0.2, 0.25) is 0 Å². The smallest absolute Gasteiger partial charge is 0.341 e. The summed E-state index contributed by atoms with van der Waals surface area (Å²) in [6.45, 7) is 1.68. The van der Waals surface area contributed by atoms with Crippen LogP contribution >= 0.6 is 0 Å². The molecule has 3 aromatic rings. The van der Waals surface area contributed by atoms with E-state index in [1.54, 1.807) is 43.2 Å². The zero-order chi connectivity index (χ0) is 20.5. The lowest BCUT2D eigenvalue weighted by atomic mass is 10.0. The van der Waals surface area contributed by atoms with Crippen LogP contribution < -0.4 is 15.0 Å². The third-order valence-corrected chi connectivity index (χ3v) is 4.87. The molecule has 7 nitrogen and oxygen atoms in total. The molecule has 1 aliphatic heterocycles. The molecule has 1 amide bonds. The first-order chi connectivity index (χ1) is 14.0. The van der Waals surface area contributed by atoms with Gasteiger partial charge < -0.3 is 19.2 Å². The second kappa shape index (κ2) is 7.35. The summed E-state index contributed by atoms with van der Waals surface area (Å²) in [5.41, 5.74) is 2.19. The molecule has 0 aliphatic carbocycles. The average molecular weight is 392 g/mol. The van der Waals surface area contributed by atoms with Gasteiger partial charge in [-0.3, -0.25) is 9.69 Å². The predicted molar refractivity (Wildman–Crippen MR) is 107 cm³/mol. The highest BCUT2D eigenvalue weighted by atomic mass is 16.5. The summed E-state index contributed by atoms with van der Waals surface area (Å²) in [6.07, 6.45) is -0.651. The number of furan rings is 1. The summed E-state index contributed by atoms with van der Waals surface area (Å²) in [7, 11) is 2.89. The van der Waals surface area contributed by atoms with E-state index in [2.05, 4.69) is 5.32 Å². The number of para-hydroxylation sites is 1. The average Bonchev–Trinajstić information content (AvgIpc) is 3.14. The summed E-state index contributed by atoms with van der Waals surface area (Å²) in [4.78, 5) is 27.0. The minimum absolute atomic E-state index is 0.189. The lowest BCUT2D eigenvalue weighted by molar-refractivity contribution is 0.0598. The number of fused-ring (bicyclic) bond motifs is 1. The molecular weight excluding hydrogens is 372 g/mol. The highest BCUT2D eigenvalue weighted by Crippen LogP contribution is 2.38. The van der Waals surface area contributed by atoms with Crippen LogP contribution in [0.3, 0.4) is 0 Å². The number of carbonyl (C=O) groups excluding carboxylic acids is 2. The number of nitrogens with zero attached hydrogens (tertiary/aromatic N) is 1. The van der Waals surface area contributed by atoms with E-state index >= 15 is 0 Å². The number of amides is 1. The van der Waals surface area contributed by atoms with Crippen molar-refractivity contribution in [2.24, 2.45) is 0 Å². The molecular formula is C22H20N2O5. The van der Waals surface area contributed by atoms with Gasteiger partial charge in [-0.15, -0.1) is 0 Å².